The van der Waals surface area contributed by atoms with Crippen molar-refractivity contribution in [1.82, 2.24) is 0 Å². The second-order valence-electron chi connectivity index (χ2n) is 4.81. The highest BCUT2D eigenvalue weighted by molar-refractivity contribution is 9.10. The Morgan fingerprint density at radius 1 is 0.957 bits per heavy atom. The Labute approximate surface area is 140 Å². The molecule has 0 aliphatic rings. The summed E-state index contributed by atoms with van der Waals surface area (Å²) >= 11 is 3.33. The number of benzene rings is 2. The molecule has 7 heteroatoms. The van der Waals surface area contributed by atoms with Crippen molar-refractivity contribution < 1.29 is 18.0 Å². The molecule has 0 aliphatic carbocycles. The Bertz CT molecular complexity index is 655. The predicted octanol–water partition coefficient (Wildman–Crippen LogP) is 4.91. The zero-order valence-corrected chi connectivity index (χ0v) is 13.5. The maximum atomic E-state index is 12.4. The van der Waals surface area contributed by atoms with E-state index in [2.05, 4.69) is 26.6 Å². The predicted molar refractivity (Wildman–Crippen MR) is 87.3 cm³/mol. The molecule has 2 aromatic carbocycles. The standard InChI is InChI=1S/C16H14BrF3N2O/c17-12-3-7-13(8-4-12)21-10-9-15(23)22-14-5-1-11(2-6-14)16(18,19)20/h1-8,21H,9-10H2,(H,22,23). The number of hydrogen-bond acceptors (Lipinski definition) is 2. The number of anilines is 2. The Hall–Kier alpha value is -2.02. The quantitative estimate of drug-likeness (QED) is 0.766. The van der Waals surface area contributed by atoms with Crippen LogP contribution >= 0.6 is 15.9 Å². The minimum absolute atomic E-state index is 0.205. The Morgan fingerprint density at radius 2 is 1.52 bits per heavy atom. The van der Waals surface area contributed by atoms with Crippen LogP contribution in [0.5, 0.6) is 0 Å². The van der Waals surface area contributed by atoms with Gasteiger partial charge in [0.1, 0.15) is 0 Å². The van der Waals surface area contributed by atoms with Crippen LogP contribution in [-0.2, 0) is 11.0 Å². The third-order valence-corrected chi connectivity index (χ3v) is 3.55. The normalized spacial score (nSPS) is 11.1. The molecule has 0 unspecified atom stereocenters. The molecule has 0 bridgehead atoms. The van der Waals surface area contributed by atoms with Crippen molar-refractivity contribution in [3.8, 4) is 0 Å². The van der Waals surface area contributed by atoms with Gasteiger partial charge in [0.15, 0.2) is 0 Å². The van der Waals surface area contributed by atoms with Crippen LogP contribution in [0.4, 0.5) is 24.5 Å². The van der Waals surface area contributed by atoms with Crippen LogP contribution < -0.4 is 10.6 Å². The fourth-order valence-electron chi connectivity index (χ4n) is 1.85. The topological polar surface area (TPSA) is 41.1 Å². The summed E-state index contributed by atoms with van der Waals surface area (Å²) in [6.45, 7) is 0.425. The molecule has 2 rings (SSSR count). The minimum atomic E-state index is -4.38. The summed E-state index contributed by atoms with van der Waals surface area (Å²) in [4.78, 5) is 11.8. The zero-order valence-electron chi connectivity index (χ0n) is 12.0. The molecule has 0 saturated carbocycles. The number of nitrogens with one attached hydrogen (secondary N) is 2. The molecule has 0 heterocycles. The third-order valence-electron chi connectivity index (χ3n) is 3.02. The van der Waals surface area contributed by atoms with Crippen molar-refractivity contribution in [1.29, 1.82) is 0 Å². The van der Waals surface area contributed by atoms with Crippen LogP contribution in [0.1, 0.15) is 12.0 Å². The molecule has 0 atom stereocenters. The van der Waals surface area contributed by atoms with Crippen molar-refractivity contribution in [2.45, 2.75) is 12.6 Å². The Kier molecular flexibility index (Phi) is 5.65. The lowest BCUT2D eigenvalue weighted by molar-refractivity contribution is -0.137. The lowest BCUT2D eigenvalue weighted by atomic mass is 10.2. The number of carbonyl (C=O) groups excluding carboxylic acids is 1. The SMILES string of the molecule is O=C(CCNc1ccc(Br)cc1)Nc1ccc(C(F)(F)F)cc1. The van der Waals surface area contributed by atoms with E-state index < -0.39 is 11.7 Å². The van der Waals surface area contributed by atoms with E-state index in [1.165, 1.54) is 12.1 Å². The molecular formula is C16H14BrF3N2O. The lowest BCUT2D eigenvalue weighted by Gasteiger charge is -2.09. The molecule has 0 aromatic heterocycles. The monoisotopic (exact) mass is 386 g/mol. The smallest absolute Gasteiger partial charge is 0.385 e. The maximum Gasteiger partial charge on any atom is 0.416 e. The summed E-state index contributed by atoms with van der Waals surface area (Å²) in [6, 6.07) is 11.9. The second-order valence-corrected chi connectivity index (χ2v) is 5.72. The summed E-state index contributed by atoms with van der Waals surface area (Å²) in [6.07, 6.45) is -4.17. The van der Waals surface area contributed by atoms with E-state index in [1.54, 1.807) is 0 Å². The molecule has 2 aromatic rings. The van der Waals surface area contributed by atoms with Gasteiger partial charge in [-0.1, -0.05) is 15.9 Å². The largest absolute Gasteiger partial charge is 0.416 e. The molecule has 1 amide bonds. The van der Waals surface area contributed by atoms with Crippen LogP contribution in [-0.4, -0.2) is 12.5 Å². The summed E-state index contributed by atoms with van der Waals surface area (Å²) < 4.78 is 38.3. The van der Waals surface area contributed by atoms with Crippen molar-refractivity contribution in [2.75, 3.05) is 17.2 Å². The summed E-state index contributed by atoms with van der Waals surface area (Å²) in [7, 11) is 0. The first kappa shape index (κ1) is 17.3. The zero-order chi connectivity index (χ0) is 16.9. The van der Waals surface area contributed by atoms with Crippen molar-refractivity contribution in [3.05, 3.63) is 58.6 Å². The van der Waals surface area contributed by atoms with Gasteiger partial charge in [-0.05, 0) is 48.5 Å². The van der Waals surface area contributed by atoms with Crippen LogP contribution in [0.2, 0.25) is 0 Å². The Morgan fingerprint density at radius 3 is 2.09 bits per heavy atom. The maximum absolute atomic E-state index is 12.4. The van der Waals surface area contributed by atoms with Gasteiger partial charge in [0.2, 0.25) is 5.91 Å². The fourth-order valence-corrected chi connectivity index (χ4v) is 2.12. The van der Waals surface area contributed by atoms with E-state index in [0.29, 0.717) is 12.2 Å². The van der Waals surface area contributed by atoms with E-state index >= 15 is 0 Å². The second kappa shape index (κ2) is 7.50. The molecule has 0 fully saturated rings. The first-order valence-electron chi connectivity index (χ1n) is 6.81. The van der Waals surface area contributed by atoms with Crippen LogP contribution in [0.3, 0.4) is 0 Å². The van der Waals surface area contributed by atoms with Gasteiger partial charge in [-0.3, -0.25) is 4.79 Å². The van der Waals surface area contributed by atoms with Gasteiger partial charge >= 0.3 is 6.18 Å². The summed E-state index contributed by atoms with van der Waals surface area (Å²) in [5.74, 6) is -0.269. The molecular weight excluding hydrogens is 373 g/mol. The van der Waals surface area contributed by atoms with Crippen molar-refractivity contribution in [3.63, 3.8) is 0 Å². The average Bonchev–Trinajstić information content (AvgIpc) is 2.49. The average molecular weight is 387 g/mol. The molecule has 122 valence electrons. The van der Waals surface area contributed by atoms with Gasteiger partial charge in [0, 0.05) is 28.8 Å². The van der Waals surface area contributed by atoms with Crippen molar-refractivity contribution in [2.24, 2.45) is 0 Å². The first-order valence-corrected chi connectivity index (χ1v) is 7.60. The fraction of sp³-hybridized carbons (Fsp3) is 0.188. The van der Waals surface area contributed by atoms with Crippen LogP contribution in [0, 0.1) is 0 Å². The number of hydrogen-bond donors (Lipinski definition) is 2. The van der Waals surface area contributed by atoms with Gasteiger partial charge < -0.3 is 10.6 Å². The summed E-state index contributed by atoms with van der Waals surface area (Å²) in [5.41, 5.74) is 0.481. The highest BCUT2D eigenvalue weighted by atomic mass is 79.9. The number of amides is 1. The van der Waals surface area contributed by atoms with E-state index in [0.717, 1.165) is 22.3 Å². The van der Waals surface area contributed by atoms with Gasteiger partial charge in [-0.25, -0.2) is 0 Å². The van der Waals surface area contributed by atoms with Gasteiger partial charge in [-0.2, -0.15) is 13.2 Å². The molecule has 0 radical (unpaired) electrons. The van der Waals surface area contributed by atoms with Crippen LogP contribution in [0.15, 0.2) is 53.0 Å². The number of halogens is 4. The molecule has 2 N–H and O–H groups in total. The highest BCUT2D eigenvalue weighted by Gasteiger charge is 2.29. The van der Waals surface area contributed by atoms with Crippen LogP contribution in [0.25, 0.3) is 0 Å². The number of alkyl halides is 3. The first-order chi connectivity index (χ1) is 10.8. The summed E-state index contributed by atoms with van der Waals surface area (Å²) in [5, 5.41) is 5.65. The molecule has 0 spiro atoms. The number of carbonyl (C=O) groups is 1. The van der Waals surface area contributed by atoms with E-state index in [1.807, 2.05) is 24.3 Å². The third kappa shape index (κ3) is 5.59. The molecule has 23 heavy (non-hydrogen) atoms. The van der Waals surface area contributed by atoms with Gasteiger partial charge in [0.25, 0.3) is 0 Å². The van der Waals surface area contributed by atoms with E-state index in [9.17, 15) is 18.0 Å². The Balaban J connectivity index is 1.79. The minimum Gasteiger partial charge on any atom is -0.385 e. The number of rotatable bonds is 5. The van der Waals surface area contributed by atoms with E-state index in [4.69, 9.17) is 0 Å². The lowest BCUT2D eigenvalue weighted by Crippen LogP contribution is -2.16. The highest BCUT2D eigenvalue weighted by Crippen LogP contribution is 2.29. The van der Waals surface area contributed by atoms with Gasteiger partial charge in [0.05, 0.1) is 5.56 Å². The van der Waals surface area contributed by atoms with E-state index in [-0.39, 0.29) is 12.3 Å². The molecule has 0 saturated heterocycles. The van der Waals surface area contributed by atoms with Crippen molar-refractivity contribution >= 4 is 33.2 Å². The molecule has 0 aliphatic heterocycles. The molecule has 3 nitrogen and oxygen atoms in total. The van der Waals surface area contributed by atoms with Gasteiger partial charge in [-0.15, -0.1) is 0 Å².